The summed E-state index contributed by atoms with van der Waals surface area (Å²) < 4.78 is 8.38. The Hall–Kier alpha value is -4.13. The number of ether oxygens (including phenoxy) is 1. The van der Waals surface area contributed by atoms with Crippen LogP contribution in [0.3, 0.4) is 0 Å². The van der Waals surface area contributed by atoms with Crippen molar-refractivity contribution in [1.82, 2.24) is 4.57 Å². The first-order valence-corrected chi connectivity index (χ1v) is 11.2. The van der Waals surface area contributed by atoms with Gasteiger partial charge in [0.2, 0.25) is 5.75 Å². The van der Waals surface area contributed by atoms with Crippen LogP contribution in [0, 0.1) is 10.1 Å². The number of carboxylic acid groups (broad SMARTS) is 1. The summed E-state index contributed by atoms with van der Waals surface area (Å²) in [7, 11) is 1.96. The van der Waals surface area contributed by atoms with Crippen molar-refractivity contribution in [2.24, 2.45) is 7.05 Å². The van der Waals surface area contributed by atoms with Gasteiger partial charge in [0.05, 0.1) is 4.92 Å². The van der Waals surface area contributed by atoms with Crippen molar-refractivity contribution < 1.29 is 19.6 Å². The van der Waals surface area contributed by atoms with Crippen LogP contribution in [0.4, 0.5) is 5.69 Å². The van der Waals surface area contributed by atoms with E-state index in [0.29, 0.717) is 24.0 Å². The molecule has 0 spiro atoms. The molecule has 4 aromatic rings. The monoisotopic (exact) mass is 456 g/mol. The Morgan fingerprint density at radius 3 is 2.53 bits per heavy atom. The molecule has 1 aromatic heterocycles. The van der Waals surface area contributed by atoms with E-state index in [9.17, 15) is 14.9 Å². The van der Waals surface area contributed by atoms with E-state index >= 15 is 0 Å². The van der Waals surface area contributed by atoms with E-state index in [1.807, 2.05) is 60.3 Å². The van der Waals surface area contributed by atoms with Crippen molar-refractivity contribution in [1.29, 1.82) is 0 Å². The van der Waals surface area contributed by atoms with Gasteiger partial charge in [-0.15, -0.1) is 0 Å². The summed E-state index contributed by atoms with van der Waals surface area (Å²) in [6.07, 6.45) is 3.22. The van der Waals surface area contributed by atoms with E-state index in [1.165, 1.54) is 17.2 Å². The third-order valence-electron chi connectivity index (χ3n) is 6.45. The Balaban J connectivity index is 1.61. The predicted molar refractivity (Wildman–Crippen MR) is 129 cm³/mol. The lowest BCUT2D eigenvalue weighted by atomic mass is 9.97. The molecule has 0 radical (unpaired) electrons. The summed E-state index contributed by atoms with van der Waals surface area (Å²) in [5.41, 5.74) is 5.30. The van der Waals surface area contributed by atoms with Gasteiger partial charge in [-0.3, -0.25) is 14.9 Å². The Labute approximate surface area is 196 Å². The average molecular weight is 456 g/mol. The zero-order valence-electron chi connectivity index (χ0n) is 18.7. The molecule has 0 aliphatic heterocycles. The van der Waals surface area contributed by atoms with Gasteiger partial charge >= 0.3 is 11.7 Å². The second-order valence-corrected chi connectivity index (χ2v) is 8.76. The van der Waals surface area contributed by atoms with Crippen LogP contribution in [0.2, 0.25) is 0 Å². The lowest BCUT2D eigenvalue weighted by Crippen LogP contribution is -2.18. The summed E-state index contributed by atoms with van der Waals surface area (Å²) in [6, 6.07) is 19.3. The maximum atomic E-state index is 12.1. The quantitative estimate of drug-likeness (QED) is 0.300. The third kappa shape index (κ3) is 4.12. The Bertz CT molecular complexity index is 1400. The van der Waals surface area contributed by atoms with E-state index in [0.717, 1.165) is 16.5 Å². The molecule has 0 atom stereocenters. The van der Waals surface area contributed by atoms with Crippen LogP contribution >= 0.6 is 0 Å². The van der Waals surface area contributed by atoms with E-state index in [1.54, 1.807) is 0 Å². The van der Waals surface area contributed by atoms with Gasteiger partial charge in [-0.05, 0) is 52.9 Å². The second kappa shape index (κ2) is 8.67. The summed E-state index contributed by atoms with van der Waals surface area (Å²) in [5.74, 6) is -0.712. The normalized spacial score (nSPS) is 13.2. The molecule has 5 rings (SSSR count). The largest absolute Gasteiger partial charge is 0.482 e. The number of aromatic nitrogens is 1. The van der Waals surface area contributed by atoms with Crippen molar-refractivity contribution in [2.45, 2.75) is 31.8 Å². The number of nitrogens with zero attached hydrogens (tertiary/aromatic N) is 2. The minimum Gasteiger partial charge on any atom is -0.482 e. The maximum absolute atomic E-state index is 12.1. The summed E-state index contributed by atoms with van der Waals surface area (Å²) in [5, 5.41) is 22.3. The summed E-state index contributed by atoms with van der Waals surface area (Å²) >= 11 is 0. The molecular weight excluding hydrogens is 432 g/mol. The number of benzene rings is 3. The van der Waals surface area contributed by atoms with Crippen molar-refractivity contribution in [3.63, 3.8) is 0 Å². The van der Waals surface area contributed by atoms with Gasteiger partial charge in [0.1, 0.15) is 6.10 Å². The molecule has 172 valence electrons. The predicted octanol–water partition coefficient (Wildman–Crippen LogP) is 5.32. The van der Waals surface area contributed by atoms with E-state index in [-0.39, 0.29) is 30.4 Å². The Morgan fingerprint density at radius 2 is 1.85 bits per heavy atom. The van der Waals surface area contributed by atoms with Gasteiger partial charge in [0.25, 0.3) is 0 Å². The van der Waals surface area contributed by atoms with Crippen molar-refractivity contribution in [3.8, 4) is 16.9 Å². The van der Waals surface area contributed by atoms with Crippen molar-refractivity contribution in [2.75, 3.05) is 0 Å². The highest BCUT2D eigenvalue weighted by atomic mass is 16.6. The topological polar surface area (TPSA) is 94.6 Å². The molecule has 0 saturated carbocycles. The number of nitro benzene ring substituents is 1. The third-order valence-corrected chi connectivity index (χ3v) is 6.45. The molecule has 0 unspecified atom stereocenters. The summed E-state index contributed by atoms with van der Waals surface area (Å²) in [4.78, 5) is 22.8. The molecule has 0 bridgehead atoms. The molecule has 1 aliphatic rings. The number of carbonyl (C=O) groups is 1. The van der Waals surface area contributed by atoms with E-state index in [4.69, 9.17) is 9.84 Å². The van der Waals surface area contributed by atoms with Crippen LogP contribution in [0.15, 0.2) is 66.9 Å². The van der Waals surface area contributed by atoms with Gasteiger partial charge in [0.15, 0.2) is 0 Å². The zero-order chi connectivity index (χ0) is 23.8. The van der Waals surface area contributed by atoms with Crippen LogP contribution in [-0.2, 0) is 31.1 Å². The number of fused-ring (bicyclic) bond motifs is 2. The van der Waals surface area contributed by atoms with Crippen LogP contribution < -0.4 is 4.74 Å². The number of hydrogen-bond donors (Lipinski definition) is 1. The molecule has 1 N–H and O–H groups in total. The molecule has 34 heavy (non-hydrogen) atoms. The number of aryl methyl sites for hydroxylation is 2. The highest BCUT2D eigenvalue weighted by molar-refractivity contribution is 5.88. The fourth-order valence-electron chi connectivity index (χ4n) is 4.76. The second-order valence-electron chi connectivity index (χ2n) is 8.76. The van der Waals surface area contributed by atoms with Crippen LogP contribution in [0.25, 0.3) is 22.0 Å². The number of hydrogen-bond acceptors (Lipinski definition) is 4. The van der Waals surface area contributed by atoms with Gasteiger partial charge in [-0.1, -0.05) is 30.3 Å². The van der Waals surface area contributed by atoms with Gasteiger partial charge < -0.3 is 14.4 Å². The number of aliphatic carboxylic acids is 1. The molecule has 7 nitrogen and oxygen atoms in total. The number of rotatable bonds is 7. The lowest BCUT2D eigenvalue weighted by molar-refractivity contribution is -0.386. The zero-order valence-corrected chi connectivity index (χ0v) is 18.7. The molecular formula is C27H24N2O5. The van der Waals surface area contributed by atoms with Gasteiger partial charge in [-0.25, -0.2) is 0 Å². The van der Waals surface area contributed by atoms with Crippen molar-refractivity contribution >= 4 is 22.6 Å². The van der Waals surface area contributed by atoms with Gasteiger partial charge in [-0.2, -0.15) is 0 Å². The first-order valence-electron chi connectivity index (χ1n) is 11.2. The first-order chi connectivity index (χ1) is 16.4. The molecule has 0 fully saturated rings. The molecule has 3 aromatic carbocycles. The molecule has 0 amide bonds. The fraction of sp³-hybridized carbons (Fsp3) is 0.222. The summed E-state index contributed by atoms with van der Waals surface area (Å²) in [6.45, 7) is 0. The average Bonchev–Trinajstić information content (AvgIpc) is 3.40. The highest BCUT2D eigenvalue weighted by Gasteiger charge is 2.29. The highest BCUT2D eigenvalue weighted by Crippen LogP contribution is 2.42. The first kappa shape index (κ1) is 21.7. The Kier molecular flexibility index (Phi) is 5.53. The van der Waals surface area contributed by atoms with Crippen LogP contribution in [0.5, 0.6) is 5.75 Å². The Morgan fingerprint density at radius 1 is 1.12 bits per heavy atom. The van der Waals surface area contributed by atoms with E-state index < -0.39 is 10.9 Å². The van der Waals surface area contributed by atoms with Gasteiger partial charge in [0, 0.05) is 55.0 Å². The SMILES string of the molecule is Cn1ccc2cc(-c3cc(CCC(=O)O)cc([N+](=O)[O-])c3OC3Cc4ccccc4C3)ccc21. The molecule has 1 aliphatic carbocycles. The fourth-order valence-corrected chi connectivity index (χ4v) is 4.76. The standard InChI is InChI=1S/C27H24N2O5/c1-28-11-10-21-14-20(7-8-24(21)28)23-12-17(6-9-26(30)31)13-25(29(32)33)27(23)34-22-15-18-4-2-3-5-19(18)16-22/h2-5,7-8,10-14,22H,6,9,15-16H2,1H3,(H,30,31). The number of carboxylic acids is 1. The molecule has 7 heteroatoms. The van der Waals surface area contributed by atoms with Crippen molar-refractivity contribution in [3.05, 3.63) is 93.7 Å². The molecule has 1 heterocycles. The smallest absolute Gasteiger partial charge is 0.311 e. The van der Waals surface area contributed by atoms with Crippen LogP contribution in [-0.4, -0.2) is 26.7 Å². The molecule has 0 saturated heterocycles. The number of nitro groups is 1. The van der Waals surface area contributed by atoms with E-state index in [2.05, 4.69) is 12.1 Å². The maximum Gasteiger partial charge on any atom is 0.311 e. The van der Waals surface area contributed by atoms with Crippen LogP contribution in [0.1, 0.15) is 23.1 Å². The minimum absolute atomic E-state index is 0.105. The minimum atomic E-state index is -0.945. The lowest BCUT2D eigenvalue weighted by Gasteiger charge is -2.18.